The minimum atomic E-state index is -3.86. The fraction of sp³-hybridized carbons (Fsp3) is 0.250. The van der Waals surface area contributed by atoms with Crippen molar-refractivity contribution in [3.8, 4) is 11.5 Å². The van der Waals surface area contributed by atoms with Crippen LogP contribution in [0.15, 0.2) is 41.3 Å². The van der Waals surface area contributed by atoms with Crippen LogP contribution in [0.3, 0.4) is 0 Å². The topological polar surface area (TPSA) is 114 Å². The Morgan fingerprint density at radius 2 is 1.77 bits per heavy atom. The maximum absolute atomic E-state index is 12.2. The number of nitrogen functional groups attached to an aromatic ring is 2. The maximum atomic E-state index is 12.2. The minimum absolute atomic E-state index is 0. The average Bonchev–Trinajstić information content (AvgIpc) is 2.57. The Labute approximate surface area is 164 Å². The van der Waals surface area contributed by atoms with E-state index < -0.39 is 16.2 Å². The third-order valence-electron chi connectivity index (χ3n) is 3.62. The fourth-order valence-corrected chi connectivity index (χ4v) is 3.17. The summed E-state index contributed by atoms with van der Waals surface area (Å²) >= 11 is 0. The average molecular weight is 423 g/mol. The van der Waals surface area contributed by atoms with Crippen molar-refractivity contribution < 1.29 is 22.1 Å². The lowest BCUT2D eigenvalue weighted by Gasteiger charge is -2.27. The van der Waals surface area contributed by atoms with E-state index in [-0.39, 0.29) is 48.6 Å². The molecule has 10 heteroatoms. The van der Waals surface area contributed by atoms with Gasteiger partial charge < -0.3 is 20.9 Å². The second-order valence-electron chi connectivity index (χ2n) is 5.50. The molecule has 0 fully saturated rings. The van der Waals surface area contributed by atoms with Crippen molar-refractivity contribution in [3.63, 3.8) is 0 Å². The van der Waals surface area contributed by atoms with E-state index in [0.717, 1.165) is 5.56 Å². The normalized spacial score (nSPS) is 15.5. The number of ether oxygens (including phenoxy) is 2. The Morgan fingerprint density at radius 3 is 2.42 bits per heavy atom. The zero-order valence-corrected chi connectivity index (χ0v) is 16.3. The van der Waals surface area contributed by atoms with Crippen molar-refractivity contribution in [1.82, 2.24) is 0 Å². The number of aryl methyl sites for hydroxylation is 1. The van der Waals surface area contributed by atoms with E-state index in [2.05, 4.69) is 0 Å². The number of halogens is 2. The van der Waals surface area contributed by atoms with Gasteiger partial charge in [-0.25, -0.2) is 0 Å². The van der Waals surface area contributed by atoms with E-state index >= 15 is 0 Å². The van der Waals surface area contributed by atoms with Gasteiger partial charge in [-0.1, -0.05) is 17.7 Å². The minimum Gasteiger partial charge on any atom is -0.486 e. The first kappa shape index (κ1) is 22.2. The fourth-order valence-electron chi connectivity index (χ4n) is 2.23. The summed E-state index contributed by atoms with van der Waals surface area (Å²) in [4.78, 5) is 0.0917. The Morgan fingerprint density at radius 1 is 1.12 bits per heavy atom. The molecule has 0 unspecified atom stereocenters. The molecular formula is C16H20Cl2N2O5S. The third-order valence-corrected chi connectivity index (χ3v) is 4.92. The summed E-state index contributed by atoms with van der Waals surface area (Å²) in [5.74, 6) is 0.780. The highest BCUT2D eigenvalue weighted by molar-refractivity contribution is 7.86. The molecule has 7 nitrogen and oxygen atoms in total. The van der Waals surface area contributed by atoms with E-state index in [4.69, 9.17) is 25.1 Å². The molecule has 144 valence electrons. The first-order valence-electron chi connectivity index (χ1n) is 7.30. The molecule has 1 heterocycles. The number of hydrogen-bond donors (Lipinski definition) is 2. The van der Waals surface area contributed by atoms with Crippen molar-refractivity contribution in [1.29, 1.82) is 0 Å². The van der Waals surface area contributed by atoms with Crippen molar-refractivity contribution in [3.05, 3.63) is 42.0 Å². The molecular weight excluding hydrogens is 403 g/mol. The lowest BCUT2D eigenvalue weighted by atomic mass is 10.2. The van der Waals surface area contributed by atoms with Crippen LogP contribution >= 0.6 is 24.8 Å². The SMILES string of the molecule is Cc1ccc(S(=O)(=O)OC[C@H]2COc3ccc(N)c(N)c3O2)cc1.Cl.Cl. The second-order valence-corrected chi connectivity index (χ2v) is 7.11. The predicted octanol–water partition coefficient (Wildman–Crippen LogP) is 2.55. The molecule has 1 aliphatic heterocycles. The van der Waals surface area contributed by atoms with Crippen LogP contribution in [-0.4, -0.2) is 27.7 Å². The van der Waals surface area contributed by atoms with Crippen molar-refractivity contribution in [2.45, 2.75) is 17.9 Å². The quantitative estimate of drug-likeness (QED) is 0.574. The van der Waals surface area contributed by atoms with Crippen molar-refractivity contribution in [2.24, 2.45) is 0 Å². The Balaban J connectivity index is 0.00000169. The van der Waals surface area contributed by atoms with Gasteiger partial charge in [0.2, 0.25) is 0 Å². The molecule has 2 aromatic rings. The molecule has 0 aromatic heterocycles. The van der Waals surface area contributed by atoms with Crippen LogP contribution in [0, 0.1) is 6.92 Å². The van der Waals surface area contributed by atoms with Gasteiger partial charge in [0.05, 0.1) is 10.6 Å². The highest BCUT2D eigenvalue weighted by Gasteiger charge is 2.26. The Bertz CT molecular complexity index is 860. The summed E-state index contributed by atoms with van der Waals surface area (Å²) < 4.78 is 40.7. The van der Waals surface area contributed by atoms with Crippen LogP contribution in [0.4, 0.5) is 11.4 Å². The molecule has 1 aliphatic rings. The lowest BCUT2D eigenvalue weighted by Crippen LogP contribution is -2.34. The highest BCUT2D eigenvalue weighted by Crippen LogP contribution is 2.40. The van der Waals surface area contributed by atoms with Gasteiger partial charge >= 0.3 is 0 Å². The number of hydrogen-bond acceptors (Lipinski definition) is 7. The van der Waals surface area contributed by atoms with E-state index in [0.29, 0.717) is 17.2 Å². The summed E-state index contributed by atoms with van der Waals surface area (Å²) in [7, 11) is -3.86. The van der Waals surface area contributed by atoms with Gasteiger partial charge in [0.15, 0.2) is 17.6 Å². The Hall–Kier alpha value is -1.87. The first-order valence-corrected chi connectivity index (χ1v) is 8.71. The van der Waals surface area contributed by atoms with E-state index in [9.17, 15) is 8.42 Å². The number of fused-ring (bicyclic) bond motifs is 1. The first-order chi connectivity index (χ1) is 11.4. The molecule has 26 heavy (non-hydrogen) atoms. The number of rotatable bonds is 4. The summed E-state index contributed by atoms with van der Waals surface area (Å²) in [6, 6.07) is 9.68. The van der Waals surface area contributed by atoms with Crippen LogP contribution < -0.4 is 20.9 Å². The summed E-state index contributed by atoms with van der Waals surface area (Å²) in [5.41, 5.74) is 13.2. The molecule has 0 spiro atoms. The van der Waals surface area contributed by atoms with Crippen molar-refractivity contribution >= 4 is 46.3 Å². The summed E-state index contributed by atoms with van der Waals surface area (Å²) in [6.07, 6.45) is -0.609. The van der Waals surface area contributed by atoms with E-state index in [1.807, 2.05) is 6.92 Å². The predicted molar refractivity (Wildman–Crippen MR) is 104 cm³/mol. The van der Waals surface area contributed by atoms with Crippen LogP contribution in [0.5, 0.6) is 11.5 Å². The zero-order valence-electron chi connectivity index (χ0n) is 13.9. The molecule has 2 aromatic carbocycles. The van der Waals surface area contributed by atoms with Gasteiger partial charge in [0.1, 0.15) is 18.9 Å². The monoisotopic (exact) mass is 422 g/mol. The number of benzene rings is 2. The third kappa shape index (κ3) is 4.64. The zero-order chi connectivity index (χ0) is 17.3. The largest absolute Gasteiger partial charge is 0.486 e. The van der Waals surface area contributed by atoms with Gasteiger partial charge in [-0.2, -0.15) is 8.42 Å². The second kappa shape index (κ2) is 8.68. The smallest absolute Gasteiger partial charge is 0.297 e. The lowest BCUT2D eigenvalue weighted by molar-refractivity contribution is 0.0564. The van der Waals surface area contributed by atoms with Gasteiger partial charge in [-0.05, 0) is 31.2 Å². The van der Waals surface area contributed by atoms with Crippen LogP contribution in [0.1, 0.15) is 5.56 Å². The number of nitrogens with two attached hydrogens (primary N) is 2. The van der Waals surface area contributed by atoms with Gasteiger partial charge in [0.25, 0.3) is 10.1 Å². The maximum Gasteiger partial charge on any atom is 0.297 e. The highest BCUT2D eigenvalue weighted by atomic mass is 35.5. The molecule has 0 saturated carbocycles. The molecule has 0 bridgehead atoms. The molecule has 3 rings (SSSR count). The Kier molecular flexibility index (Phi) is 7.40. The standard InChI is InChI=1S/C16H18N2O5S.2ClH/c1-10-2-4-12(5-3-10)24(19,20)22-9-11-8-21-14-7-6-13(17)15(18)16(14)23-11;;/h2-7,11H,8-9,17-18H2,1H3;2*1H/t11-;;/m1../s1. The molecule has 0 saturated heterocycles. The van der Waals surface area contributed by atoms with Gasteiger partial charge in [-0.3, -0.25) is 4.18 Å². The number of anilines is 2. The molecule has 1 atom stereocenters. The molecule has 4 N–H and O–H groups in total. The van der Waals surface area contributed by atoms with Gasteiger partial charge in [-0.15, -0.1) is 24.8 Å². The van der Waals surface area contributed by atoms with E-state index in [1.165, 1.54) is 12.1 Å². The van der Waals surface area contributed by atoms with Crippen LogP contribution in [-0.2, 0) is 14.3 Å². The molecule has 0 amide bonds. The summed E-state index contributed by atoms with van der Waals surface area (Å²) in [6.45, 7) is 1.83. The van der Waals surface area contributed by atoms with E-state index in [1.54, 1.807) is 24.3 Å². The van der Waals surface area contributed by atoms with Crippen LogP contribution in [0.25, 0.3) is 0 Å². The van der Waals surface area contributed by atoms with Crippen molar-refractivity contribution in [2.75, 3.05) is 24.7 Å². The van der Waals surface area contributed by atoms with Gasteiger partial charge in [0, 0.05) is 0 Å². The molecule has 0 radical (unpaired) electrons. The molecule has 0 aliphatic carbocycles. The summed E-state index contributed by atoms with van der Waals surface area (Å²) in [5, 5.41) is 0. The van der Waals surface area contributed by atoms with Crippen LogP contribution in [0.2, 0.25) is 0 Å².